The van der Waals surface area contributed by atoms with Gasteiger partial charge in [-0.25, -0.2) is 0 Å². The summed E-state index contributed by atoms with van der Waals surface area (Å²) in [6, 6.07) is 4.91. The average molecular weight is 262 g/mol. The summed E-state index contributed by atoms with van der Waals surface area (Å²) in [6.45, 7) is 6.55. The van der Waals surface area contributed by atoms with Crippen LogP contribution >= 0.6 is 0 Å². The molecule has 0 radical (unpaired) electrons. The zero-order valence-corrected chi connectivity index (χ0v) is 11.8. The van der Waals surface area contributed by atoms with Gasteiger partial charge in [0.2, 0.25) is 0 Å². The first-order chi connectivity index (χ1) is 8.97. The number of ether oxygens (including phenoxy) is 1. The zero-order chi connectivity index (χ0) is 14.0. The van der Waals surface area contributed by atoms with Crippen molar-refractivity contribution >= 4 is 5.91 Å². The molecule has 0 spiro atoms. The maximum Gasteiger partial charge on any atom is 0.258 e. The number of nitrogens with two attached hydrogens (primary N) is 1. The van der Waals surface area contributed by atoms with E-state index in [4.69, 9.17) is 10.5 Å². The van der Waals surface area contributed by atoms with E-state index in [9.17, 15) is 4.79 Å². The number of benzene rings is 1. The molecule has 1 aromatic carbocycles. The Morgan fingerprint density at radius 1 is 1.42 bits per heavy atom. The van der Waals surface area contributed by atoms with Crippen molar-refractivity contribution in [3.8, 4) is 5.75 Å². The summed E-state index contributed by atoms with van der Waals surface area (Å²) in [6.07, 6.45) is 1.97. The summed E-state index contributed by atoms with van der Waals surface area (Å²) in [5, 5.41) is 3.49. The van der Waals surface area contributed by atoms with Crippen LogP contribution in [0.4, 0.5) is 0 Å². The predicted molar refractivity (Wildman–Crippen MR) is 75.1 cm³/mol. The number of rotatable bonds is 6. The van der Waals surface area contributed by atoms with Crippen molar-refractivity contribution < 1.29 is 9.53 Å². The van der Waals surface area contributed by atoms with Crippen molar-refractivity contribution in [3.63, 3.8) is 0 Å². The smallest absolute Gasteiger partial charge is 0.258 e. The summed E-state index contributed by atoms with van der Waals surface area (Å²) in [7, 11) is 0. The topological polar surface area (TPSA) is 64.3 Å². The number of nitrogens with one attached hydrogen (secondary N) is 1. The summed E-state index contributed by atoms with van der Waals surface area (Å²) in [4.78, 5) is 11.1. The fourth-order valence-electron chi connectivity index (χ4n) is 2.11. The van der Waals surface area contributed by atoms with E-state index in [0.717, 1.165) is 23.4 Å². The molecule has 0 heterocycles. The molecule has 0 bridgehead atoms. The summed E-state index contributed by atoms with van der Waals surface area (Å²) >= 11 is 0. The first-order valence-corrected chi connectivity index (χ1v) is 6.77. The third kappa shape index (κ3) is 3.70. The van der Waals surface area contributed by atoms with E-state index in [1.165, 1.54) is 18.4 Å². The van der Waals surface area contributed by atoms with Crippen LogP contribution in [0.15, 0.2) is 12.1 Å². The van der Waals surface area contributed by atoms with Crippen LogP contribution in [0.3, 0.4) is 0 Å². The van der Waals surface area contributed by atoms with Gasteiger partial charge in [-0.05, 0) is 50.3 Å². The first kappa shape index (κ1) is 13.9. The highest BCUT2D eigenvalue weighted by Crippen LogP contribution is 2.26. The quantitative estimate of drug-likeness (QED) is 0.821. The Balaban J connectivity index is 2.09. The van der Waals surface area contributed by atoms with E-state index >= 15 is 0 Å². The average Bonchev–Trinajstić information content (AvgIpc) is 3.14. The van der Waals surface area contributed by atoms with E-state index in [2.05, 4.69) is 17.4 Å². The van der Waals surface area contributed by atoms with Gasteiger partial charge < -0.3 is 15.8 Å². The first-order valence-electron chi connectivity index (χ1n) is 6.77. The van der Waals surface area contributed by atoms with Crippen LogP contribution in [0.1, 0.15) is 36.5 Å². The molecule has 0 saturated heterocycles. The van der Waals surface area contributed by atoms with E-state index in [-0.39, 0.29) is 0 Å². The predicted octanol–water partition coefficient (Wildman–Crippen LogP) is 1.81. The maximum absolute atomic E-state index is 11.1. The van der Waals surface area contributed by atoms with Crippen molar-refractivity contribution in [2.75, 3.05) is 0 Å². The minimum atomic E-state index is -0.604. The van der Waals surface area contributed by atoms with Crippen LogP contribution in [-0.4, -0.2) is 18.1 Å². The van der Waals surface area contributed by atoms with Gasteiger partial charge in [0.25, 0.3) is 5.91 Å². The lowest BCUT2D eigenvalue weighted by Crippen LogP contribution is -2.31. The number of aryl methyl sites for hydroxylation is 2. The Labute approximate surface area is 114 Å². The number of hydrogen-bond donors (Lipinski definition) is 2. The van der Waals surface area contributed by atoms with Gasteiger partial charge in [0, 0.05) is 12.6 Å². The van der Waals surface area contributed by atoms with Crippen LogP contribution in [0.5, 0.6) is 5.75 Å². The standard InChI is InChI=1S/C15H22N2O2/c1-9-6-12(8-17-13-4-5-13)7-10(2)14(9)19-11(3)15(16)18/h6-7,11,13,17H,4-5,8H2,1-3H3,(H2,16,18). The van der Waals surface area contributed by atoms with Gasteiger partial charge in [0.15, 0.2) is 6.10 Å². The van der Waals surface area contributed by atoms with Crippen molar-refractivity contribution in [1.29, 1.82) is 0 Å². The second-order valence-electron chi connectivity index (χ2n) is 5.38. The van der Waals surface area contributed by atoms with Gasteiger partial charge in [-0.2, -0.15) is 0 Å². The van der Waals surface area contributed by atoms with Gasteiger partial charge in [-0.3, -0.25) is 4.79 Å². The Bertz CT molecular complexity index is 458. The summed E-state index contributed by atoms with van der Waals surface area (Å²) in [5.74, 6) is 0.319. The molecule has 104 valence electrons. The highest BCUT2D eigenvalue weighted by Gasteiger charge is 2.20. The Kier molecular flexibility index (Phi) is 4.10. The molecule has 19 heavy (non-hydrogen) atoms. The summed E-state index contributed by atoms with van der Waals surface area (Å²) in [5.41, 5.74) is 8.56. The van der Waals surface area contributed by atoms with Gasteiger partial charge in [-0.1, -0.05) is 12.1 Å². The van der Waals surface area contributed by atoms with Gasteiger partial charge >= 0.3 is 0 Å². The number of amides is 1. The van der Waals surface area contributed by atoms with E-state index in [1.807, 2.05) is 13.8 Å². The monoisotopic (exact) mass is 262 g/mol. The van der Waals surface area contributed by atoms with Crippen molar-refractivity contribution in [1.82, 2.24) is 5.32 Å². The van der Waals surface area contributed by atoms with E-state index in [0.29, 0.717) is 6.04 Å². The molecule has 1 amide bonds. The molecule has 1 aromatic rings. The van der Waals surface area contributed by atoms with Crippen molar-refractivity contribution in [3.05, 3.63) is 28.8 Å². The SMILES string of the molecule is Cc1cc(CNC2CC2)cc(C)c1OC(C)C(N)=O. The number of carbonyl (C=O) groups is 1. The summed E-state index contributed by atoms with van der Waals surface area (Å²) < 4.78 is 5.64. The second kappa shape index (κ2) is 5.61. The minimum absolute atomic E-state index is 0.446. The van der Waals surface area contributed by atoms with Gasteiger partial charge in [0.1, 0.15) is 5.75 Å². The van der Waals surface area contributed by atoms with Crippen LogP contribution in [0.25, 0.3) is 0 Å². The third-order valence-electron chi connectivity index (χ3n) is 3.39. The molecule has 0 aromatic heterocycles. The molecule has 3 N–H and O–H groups in total. The molecular weight excluding hydrogens is 240 g/mol. The van der Waals surface area contributed by atoms with Crippen LogP contribution in [0.2, 0.25) is 0 Å². The lowest BCUT2D eigenvalue weighted by molar-refractivity contribution is -0.124. The molecule has 1 aliphatic carbocycles. The molecule has 0 aliphatic heterocycles. The molecular formula is C15H22N2O2. The fourth-order valence-corrected chi connectivity index (χ4v) is 2.11. The molecule has 2 rings (SSSR count). The molecule has 1 atom stereocenters. The molecule has 1 unspecified atom stereocenters. The van der Waals surface area contributed by atoms with Crippen LogP contribution in [0, 0.1) is 13.8 Å². The van der Waals surface area contributed by atoms with Gasteiger partial charge in [0.05, 0.1) is 0 Å². The van der Waals surface area contributed by atoms with Crippen molar-refractivity contribution in [2.24, 2.45) is 5.73 Å². The van der Waals surface area contributed by atoms with E-state index in [1.54, 1.807) is 6.92 Å². The maximum atomic E-state index is 11.1. The molecule has 4 nitrogen and oxygen atoms in total. The Morgan fingerprint density at radius 2 is 2.00 bits per heavy atom. The number of hydrogen-bond acceptors (Lipinski definition) is 3. The van der Waals surface area contributed by atoms with Crippen LogP contribution in [-0.2, 0) is 11.3 Å². The Hall–Kier alpha value is -1.55. The molecule has 1 aliphatic rings. The second-order valence-corrected chi connectivity index (χ2v) is 5.38. The van der Waals surface area contributed by atoms with Crippen molar-refractivity contribution in [2.45, 2.75) is 52.3 Å². The number of primary amides is 1. The zero-order valence-electron chi connectivity index (χ0n) is 11.8. The minimum Gasteiger partial charge on any atom is -0.480 e. The van der Waals surface area contributed by atoms with E-state index < -0.39 is 12.0 Å². The number of carbonyl (C=O) groups excluding carboxylic acids is 1. The Morgan fingerprint density at radius 3 is 2.47 bits per heavy atom. The molecule has 1 fully saturated rings. The molecule has 4 heteroatoms. The van der Waals surface area contributed by atoms with Gasteiger partial charge in [-0.15, -0.1) is 0 Å². The largest absolute Gasteiger partial charge is 0.480 e. The lowest BCUT2D eigenvalue weighted by Gasteiger charge is -2.17. The third-order valence-corrected chi connectivity index (χ3v) is 3.39. The highest BCUT2D eigenvalue weighted by molar-refractivity contribution is 5.78. The fraction of sp³-hybridized carbons (Fsp3) is 0.533. The lowest BCUT2D eigenvalue weighted by atomic mass is 10.1. The highest BCUT2D eigenvalue weighted by atomic mass is 16.5. The van der Waals surface area contributed by atoms with Crippen LogP contribution < -0.4 is 15.8 Å². The normalized spacial score (nSPS) is 16.2. The molecule has 1 saturated carbocycles.